The number of nitrogens with two attached hydrogens (primary N) is 1. The summed E-state index contributed by atoms with van der Waals surface area (Å²) in [6.07, 6.45) is 0. The third-order valence-corrected chi connectivity index (χ3v) is 2.99. The summed E-state index contributed by atoms with van der Waals surface area (Å²) in [5, 5.41) is 8.45. The van der Waals surface area contributed by atoms with E-state index in [1.807, 2.05) is 0 Å². The van der Waals surface area contributed by atoms with Gasteiger partial charge in [0, 0.05) is 11.4 Å². The van der Waals surface area contributed by atoms with Crippen LogP contribution >= 0.6 is 23.2 Å². The van der Waals surface area contributed by atoms with Gasteiger partial charge in [-0.15, -0.1) is 0 Å². The van der Waals surface area contributed by atoms with Crippen molar-refractivity contribution < 1.29 is 9.18 Å². The first-order valence-corrected chi connectivity index (χ1v) is 5.92. The summed E-state index contributed by atoms with van der Waals surface area (Å²) in [6, 6.07) is 2.51. The van der Waals surface area contributed by atoms with Gasteiger partial charge in [0.2, 0.25) is 0 Å². The number of amides is 1. The first-order chi connectivity index (χ1) is 8.90. The highest BCUT2D eigenvalue weighted by molar-refractivity contribution is 6.35. The molecule has 0 aliphatic rings. The number of anilines is 2. The fraction of sp³-hybridized carbons (Fsp3) is 0.0909. The maximum absolute atomic E-state index is 13.2. The van der Waals surface area contributed by atoms with Crippen LogP contribution in [0.2, 0.25) is 10.0 Å². The highest BCUT2D eigenvalue weighted by Crippen LogP contribution is 2.28. The van der Waals surface area contributed by atoms with Crippen molar-refractivity contribution in [1.82, 2.24) is 10.2 Å². The van der Waals surface area contributed by atoms with E-state index in [2.05, 4.69) is 15.5 Å². The molecule has 4 N–H and O–H groups in total. The molecular formula is C11H9Cl2FN4O. The Kier molecular flexibility index (Phi) is 3.64. The number of rotatable bonds is 2. The molecule has 0 fully saturated rings. The molecule has 1 heterocycles. The fourth-order valence-electron chi connectivity index (χ4n) is 1.56. The quantitative estimate of drug-likeness (QED) is 0.746. The lowest BCUT2D eigenvalue weighted by Gasteiger charge is -2.07. The van der Waals surface area contributed by atoms with Gasteiger partial charge < -0.3 is 11.1 Å². The van der Waals surface area contributed by atoms with Crippen LogP contribution in [-0.4, -0.2) is 16.1 Å². The standard InChI is InChI=1S/C11H9Cl2FN4O/c1-4-8(10(15)18-17-4)11(19)16-5-2-6(12)9(14)7(13)3-5/h2-3H,1H3,(H,16,19)(H3,15,17,18). The number of nitrogens with zero attached hydrogens (tertiary/aromatic N) is 1. The van der Waals surface area contributed by atoms with Crippen molar-refractivity contribution in [3.8, 4) is 0 Å². The Labute approximate surface area is 117 Å². The number of aryl methyl sites for hydroxylation is 1. The van der Waals surface area contributed by atoms with Crippen LogP contribution in [0.3, 0.4) is 0 Å². The lowest BCUT2D eigenvalue weighted by atomic mass is 10.2. The monoisotopic (exact) mass is 302 g/mol. The van der Waals surface area contributed by atoms with E-state index in [1.54, 1.807) is 6.92 Å². The van der Waals surface area contributed by atoms with Gasteiger partial charge in [0.25, 0.3) is 5.91 Å². The Morgan fingerprint density at radius 1 is 1.42 bits per heavy atom. The normalized spacial score (nSPS) is 10.5. The van der Waals surface area contributed by atoms with E-state index >= 15 is 0 Å². The lowest BCUT2D eigenvalue weighted by Crippen LogP contribution is -2.14. The van der Waals surface area contributed by atoms with Gasteiger partial charge >= 0.3 is 0 Å². The smallest absolute Gasteiger partial charge is 0.261 e. The average Bonchev–Trinajstić information content (AvgIpc) is 2.66. The Morgan fingerprint density at radius 2 is 2.00 bits per heavy atom. The first kappa shape index (κ1) is 13.6. The zero-order chi connectivity index (χ0) is 14.2. The van der Waals surface area contributed by atoms with Gasteiger partial charge in [-0.1, -0.05) is 23.2 Å². The third kappa shape index (κ3) is 2.64. The Bertz CT molecular complexity index is 614. The second kappa shape index (κ2) is 5.07. The molecule has 100 valence electrons. The van der Waals surface area contributed by atoms with E-state index in [4.69, 9.17) is 28.9 Å². The van der Waals surface area contributed by atoms with Gasteiger partial charge in [0.15, 0.2) is 11.6 Å². The Balaban J connectivity index is 2.30. The highest BCUT2D eigenvalue weighted by Gasteiger charge is 2.17. The van der Waals surface area contributed by atoms with Crippen molar-refractivity contribution in [2.24, 2.45) is 0 Å². The predicted octanol–water partition coefficient (Wildman–Crippen LogP) is 3.00. The van der Waals surface area contributed by atoms with Gasteiger partial charge in [-0.05, 0) is 19.1 Å². The summed E-state index contributed by atoms with van der Waals surface area (Å²) >= 11 is 11.3. The molecule has 0 saturated carbocycles. The van der Waals surface area contributed by atoms with Crippen LogP contribution in [-0.2, 0) is 0 Å². The van der Waals surface area contributed by atoms with Crippen molar-refractivity contribution >= 4 is 40.6 Å². The molecule has 1 amide bonds. The largest absolute Gasteiger partial charge is 0.382 e. The number of aromatic nitrogens is 2. The number of aromatic amines is 1. The zero-order valence-electron chi connectivity index (χ0n) is 9.72. The topological polar surface area (TPSA) is 83.8 Å². The van der Waals surface area contributed by atoms with Crippen LogP contribution in [0.5, 0.6) is 0 Å². The second-order valence-electron chi connectivity index (χ2n) is 3.82. The molecule has 5 nitrogen and oxygen atoms in total. The highest BCUT2D eigenvalue weighted by atomic mass is 35.5. The Morgan fingerprint density at radius 3 is 2.47 bits per heavy atom. The van der Waals surface area contributed by atoms with Crippen LogP contribution in [0.4, 0.5) is 15.9 Å². The molecule has 0 radical (unpaired) electrons. The van der Waals surface area contributed by atoms with E-state index in [1.165, 1.54) is 12.1 Å². The number of carbonyl (C=O) groups is 1. The van der Waals surface area contributed by atoms with Crippen LogP contribution in [0, 0.1) is 12.7 Å². The molecule has 8 heteroatoms. The van der Waals surface area contributed by atoms with E-state index in [-0.39, 0.29) is 27.1 Å². The molecule has 2 rings (SSSR count). The van der Waals surface area contributed by atoms with E-state index < -0.39 is 11.7 Å². The number of H-pyrrole nitrogens is 1. The molecule has 0 unspecified atom stereocenters. The van der Waals surface area contributed by atoms with Gasteiger partial charge in [-0.25, -0.2) is 4.39 Å². The number of benzene rings is 1. The van der Waals surface area contributed by atoms with Crippen LogP contribution in [0.1, 0.15) is 16.1 Å². The summed E-state index contributed by atoms with van der Waals surface area (Å²) in [5.41, 5.74) is 6.57. The SMILES string of the molecule is Cc1[nH]nc(N)c1C(=O)Nc1cc(Cl)c(F)c(Cl)c1. The molecule has 1 aromatic carbocycles. The van der Waals surface area contributed by atoms with Crippen molar-refractivity contribution in [1.29, 1.82) is 0 Å². The average molecular weight is 303 g/mol. The second-order valence-corrected chi connectivity index (χ2v) is 4.63. The molecule has 0 aliphatic heterocycles. The minimum atomic E-state index is -0.736. The summed E-state index contributed by atoms with van der Waals surface area (Å²) < 4.78 is 13.2. The molecular weight excluding hydrogens is 294 g/mol. The van der Waals surface area contributed by atoms with E-state index in [0.29, 0.717) is 5.69 Å². The van der Waals surface area contributed by atoms with Crippen LogP contribution in [0.25, 0.3) is 0 Å². The summed E-state index contributed by atoms with van der Waals surface area (Å²) in [4.78, 5) is 12.0. The van der Waals surface area contributed by atoms with Crippen molar-refractivity contribution in [2.75, 3.05) is 11.1 Å². The molecule has 0 spiro atoms. The predicted molar refractivity (Wildman–Crippen MR) is 72.1 cm³/mol. The summed E-state index contributed by atoms with van der Waals surface area (Å²) in [5.74, 6) is -1.14. The number of nitrogen functional groups attached to an aromatic ring is 1. The van der Waals surface area contributed by atoms with E-state index in [0.717, 1.165) is 0 Å². The minimum absolute atomic E-state index is 0.0781. The van der Waals surface area contributed by atoms with Crippen molar-refractivity contribution in [3.05, 3.63) is 39.3 Å². The molecule has 1 aromatic heterocycles. The van der Waals surface area contributed by atoms with Gasteiger partial charge in [-0.3, -0.25) is 9.89 Å². The number of hydrogen-bond donors (Lipinski definition) is 3. The molecule has 0 saturated heterocycles. The molecule has 0 atom stereocenters. The number of halogens is 3. The number of nitrogens with one attached hydrogen (secondary N) is 2. The summed E-state index contributed by atoms with van der Waals surface area (Å²) in [7, 11) is 0. The molecule has 19 heavy (non-hydrogen) atoms. The van der Waals surface area contributed by atoms with Crippen LogP contribution < -0.4 is 11.1 Å². The third-order valence-electron chi connectivity index (χ3n) is 2.44. The Hall–Kier alpha value is -1.79. The van der Waals surface area contributed by atoms with E-state index in [9.17, 15) is 9.18 Å². The van der Waals surface area contributed by atoms with Crippen LogP contribution in [0.15, 0.2) is 12.1 Å². The number of carbonyl (C=O) groups excluding carboxylic acids is 1. The fourth-order valence-corrected chi connectivity index (χ4v) is 2.04. The zero-order valence-corrected chi connectivity index (χ0v) is 11.2. The minimum Gasteiger partial charge on any atom is -0.382 e. The van der Waals surface area contributed by atoms with Gasteiger partial charge in [-0.2, -0.15) is 5.10 Å². The maximum atomic E-state index is 13.2. The molecule has 0 bridgehead atoms. The van der Waals surface area contributed by atoms with Crippen molar-refractivity contribution in [2.45, 2.75) is 6.92 Å². The van der Waals surface area contributed by atoms with Crippen molar-refractivity contribution in [3.63, 3.8) is 0 Å². The first-order valence-electron chi connectivity index (χ1n) is 5.16. The molecule has 2 aromatic rings. The summed E-state index contributed by atoms with van der Waals surface area (Å²) in [6.45, 7) is 1.66. The molecule has 0 aliphatic carbocycles. The van der Waals surface area contributed by atoms with Gasteiger partial charge in [0.1, 0.15) is 5.56 Å². The number of hydrogen-bond acceptors (Lipinski definition) is 3. The lowest BCUT2D eigenvalue weighted by molar-refractivity contribution is 0.102. The van der Waals surface area contributed by atoms with Gasteiger partial charge in [0.05, 0.1) is 10.0 Å². The maximum Gasteiger partial charge on any atom is 0.261 e.